The second-order valence-electron chi connectivity index (χ2n) is 5.15. The van der Waals surface area contributed by atoms with Crippen LogP contribution in [0, 0.1) is 24.0 Å². The molecule has 0 saturated heterocycles. The molecule has 0 fully saturated rings. The van der Waals surface area contributed by atoms with Crippen molar-refractivity contribution < 1.29 is 14.5 Å². The first-order chi connectivity index (χ1) is 11.3. The Bertz CT molecular complexity index is 786. The molecule has 2 aromatic carbocycles. The minimum absolute atomic E-state index is 0.144. The van der Waals surface area contributed by atoms with Gasteiger partial charge in [-0.2, -0.15) is 0 Å². The number of nitrogens with zero attached hydrogens (tertiary/aromatic N) is 1. The van der Waals surface area contributed by atoms with E-state index in [0.717, 1.165) is 15.6 Å². The number of amides is 1. The van der Waals surface area contributed by atoms with Crippen molar-refractivity contribution >= 4 is 49.1 Å². The van der Waals surface area contributed by atoms with Crippen molar-refractivity contribution in [3.05, 3.63) is 60.5 Å². The fourth-order valence-electron chi connectivity index (χ4n) is 2.09. The van der Waals surface area contributed by atoms with Gasteiger partial charge in [-0.1, -0.05) is 22.0 Å². The predicted molar refractivity (Wildman–Crippen MR) is 98.5 cm³/mol. The summed E-state index contributed by atoms with van der Waals surface area (Å²) >= 11 is 6.75. The number of halogens is 2. The molecule has 0 aliphatic carbocycles. The van der Waals surface area contributed by atoms with E-state index in [-0.39, 0.29) is 18.0 Å². The van der Waals surface area contributed by atoms with Crippen LogP contribution in [0.1, 0.15) is 11.1 Å². The Kier molecular flexibility index (Phi) is 5.95. The molecular weight excluding hydrogens is 444 g/mol. The summed E-state index contributed by atoms with van der Waals surface area (Å²) in [4.78, 5) is 22.6. The maximum Gasteiger partial charge on any atom is 0.293 e. The molecule has 1 amide bonds. The maximum absolute atomic E-state index is 12.1. The SMILES string of the molecule is Cc1ccc(NC(=O)COc2c(C)cc(Br)cc2Br)c([N+](=O)[O-])c1. The van der Waals surface area contributed by atoms with Crippen molar-refractivity contribution in [1.82, 2.24) is 0 Å². The molecule has 0 heterocycles. The van der Waals surface area contributed by atoms with Crippen LogP contribution in [0.3, 0.4) is 0 Å². The number of nitro benzene ring substituents is 1. The standard InChI is InChI=1S/C16H14Br2N2O4/c1-9-3-4-13(14(5-9)20(22)23)19-15(21)8-24-16-10(2)6-11(17)7-12(16)18/h3-7H,8H2,1-2H3,(H,19,21). The molecular formula is C16H14Br2N2O4. The van der Waals surface area contributed by atoms with E-state index in [2.05, 4.69) is 37.2 Å². The molecule has 6 nitrogen and oxygen atoms in total. The molecule has 0 radical (unpaired) electrons. The van der Waals surface area contributed by atoms with E-state index in [4.69, 9.17) is 4.74 Å². The molecule has 0 spiro atoms. The Balaban J connectivity index is 2.09. The van der Waals surface area contributed by atoms with Crippen LogP contribution in [0.15, 0.2) is 39.3 Å². The lowest BCUT2D eigenvalue weighted by molar-refractivity contribution is -0.384. The molecule has 2 aromatic rings. The van der Waals surface area contributed by atoms with Gasteiger partial charge >= 0.3 is 0 Å². The molecule has 1 N–H and O–H groups in total. The summed E-state index contributed by atoms with van der Waals surface area (Å²) in [5.74, 6) is 0.0722. The normalized spacial score (nSPS) is 10.3. The minimum atomic E-state index is -0.529. The number of rotatable bonds is 5. The zero-order valence-electron chi connectivity index (χ0n) is 12.9. The molecule has 0 bridgehead atoms. The summed E-state index contributed by atoms with van der Waals surface area (Å²) in [5.41, 5.74) is 1.59. The van der Waals surface area contributed by atoms with E-state index in [0.29, 0.717) is 10.2 Å². The van der Waals surface area contributed by atoms with E-state index in [1.165, 1.54) is 12.1 Å². The number of hydrogen-bond acceptors (Lipinski definition) is 4. The van der Waals surface area contributed by atoms with Crippen LogP contribution in [0.2, 0.25) is 0 Å². The van der Waals surface area contributed by atoms with E-state index in [1.807, 2.05) is 19.1 Å². The van der Waals surface area contributed by atoms with Crippen LogP contribution in [0.4, 0.5) is 11.4 Å². The Morgan fingerprint density at radius 3 is 2.58 bits per heavy atom. The Morgan fingerprint density at radius 1 is 1.25 bits per heavy atom. The number of benzene rings is 2. The van der Waals surface area contributed by atoms with Crippen LogP contribution in [0.5, 0.6) is 5.75 Å². The number of nitro groups is 1. The monoisotopic (exact) mass is 456 g/mol. The molecule has 0 saturated carbocycles. The third kappa shape index (κ3) is 4.55. The molecule has 126 valence electrons. The number of ether oxygens (including phenoxy) is 1. The third-order valence-electron chi connectivity index (χ3n) is 3.17. The van der Waals surface area contributed by atoms with Gasteiger partial charge in [0.25, 0.3) is 11.6 Å². The highest BCUT2D eigenvalue weighted by Gasteiger charge is 2.17. The number of anilines is 1. The van der Waals surface area contributed by atoms with Gasteiger partial charge in [0.2, 0.25) is 0 Å². The average molecular weight is 458 g/mol. The Morgan fingerprint density at radius 2 is 1.96 bits per heavy atom. The van der Waals surface area contributed by atoms with Gasteiger partial charge in [-0.05, 0) is 59.1 Å². The second kappa shape index (κ2) is 7.76. The van der Waals surface area contributed by atoms with Gasteiger partial charge in [-0.3, -0.25) is 14.9 Å². The number of nitrogens with one attached hydrogen (secondary N) is 1. The van der Waals surface area contributed by atoms with Crippen molar-refractivity contribution in [3.8, 4) is 5.75 Å². The lowest BCUT2D eigenvalue weighted by Gasteiger charge is -2.12. The van der Waals surface area contributed by atoms with Crippen LogP contribution in [-0.2, 0) is 4.79 Å². The fraction of sp³-hybridized carbons (Fsp3) is 0.188. The van der Waals surface area contributed by atoms with E-state index in [1.54, 1.807) is 13.0 Å². The molecule has 8 heteroatoms. The summed E-state index contributed by atoms with van der Waals surface area (Å²) in [5, 5.41) is 13.6. The van der Waals surface area contributed by atoms with Gasteiger partial charge in [0, 0.05) is 10.5 Å². The summed E-state index contributed by atoms with van der Waals surface area (Å²) in [6.07, 6.45) is 0. The van der Waals surface area contributed by atoms with Crippen molar-refractivity contribution in [3.63, 3.8) is 0 Å². The molecule has 0 unspecified atom stereocenters. The highest BCUT2D eigenvalue weighted by atomic mass is 79.9. The van der Waals surface area contributed by atoms with E-state index >= 15 is 0 Å². The maximum atomic E-state index is 12.1. The van der Waals surface area contributed by atoms with Crippen LogP contribution in [0.25, 0.3) is 0 Å². The lowest BCUT2D eigenvalue weighted by atomic mass is 10.2. The van der Waals surface area contributed by atoms with Gasteiger partial charge in [0.15, 0.2) is 6.61 Å². The Labute approximate surface area is 155 Å². The topological polar surface area (TPSA) is 81.5 Å². The highest BCUT2D eigenvalue weighted by molar-refractivity contribution is 9.11. The summed E-state index contributed by atoms with van der Waals surface area (Å²) in [6, 6.07) is 8.28. The van der Waals surface area contributed by atoms with Crippen LogP contribution >= 0.6 is 31.9 Å². The summed E-state index contributed by atoms with van der Waals surface area (Å²) < 4.78 is 7.13. The summed E-state index contributed by atoms with van der Waals surface area (Å²) in [7, 11) is 0. The van der Waals surface area contributed by atoms with Crippen molar-refractivity contribution in [2.24, 2.45) is 0 Å². The largest absolute Gasteiger partial charge is 0.482 e. The highest BCUT2D eigenvalue weighted by Crippen LogP contribution is 2.32. The molecule has 2 rings (SSSR count). The number of carbonyl (C=O) groups is 1. The van der Waals surface area contributed by atoms with Crippen molar-refractivity contribution in [2.75, 3.05) is 11.9 Å². The smallest absolute Gasteiger partial charge is 0.293 e. The first kappa shape index (κ1) is 18.4. The lowest BCUT2D eigenvalue weighted by Crippen LogP contribution is -2.21. The van der Waals surface area contributed by atoms with Gasteiger partial charge in [0.05, 0.1) is 9.40 Å². The second-order valence-corrected chi connectivity index (χ2v) is 6.92. The van der Waals surface area contributed by atoms with Crippen LogP contribution < -0.4 is 10.1 Å². The van der Waals surface area contributed by atoms with Crippen LogP contribution in [-0.4, -0.2) is 17.4 Å². The van der Waals surface area contributed by atoms with Gasteiger partial charge < -0.3 is 10.1 Å². The van der Waals surface area contributed by atoms with Gasteiger partial charge in [0.1, 0.15) is 11.4 Å². The summed E-state index contributed by atoms with van der Waals surface area (Å²) in [6.45, 7) is 3.34. The molecule has 0 aliphatic heterocycles. The zero-order valence-corrected chi connectivity index (χ0v) is 16.1. The molecule has 0 aliphatic rings. The van der Waals surface area contributed by atoms with Crippen molar-refractivity contribution in [1.29, 1.82) is 0 Å². The molecule has 0 atom stereocenters. The molecule has 24 heavy (non-hydrogen) atoms. The van der Waals surface area contributed by atoms with Gasteiger partial charge in [-0.25, -0.2) is 0 Å². The first-order valence-corrected chi connectivity index (χ1v) is 8.50. The number of carbonyl (C=O) groups excluding carboxylic acids is 1. The third-order valence-corrected chi connectivity index (χ3v) is 4.21. The van der Waals surface area contributed by atoms with Crippen molar-refractivity contribution in [2.45, 2.75) is 13.8 Å². The number of aryl methyl sites for hydroxylation is 2. The van der Waals surface area contributed by atoms with E-state index in [9.17, 15) is 14.9 Å². The quantitative estimate of drug-likeness (QED) is 0.518. The zero-order chi connectivity index (χ0) is 17.9. The molecule has 0 aromatic heterocycles. The number of hydrogen-bond donors (Lipinski definition) is 1. The fourth-order valence-corrected chi connectivity index (χ4v) is 3.65. The van der Waals surface area contributed by atoms with E-state index < -0.39 is 10.8 Å². The Hall–Kier alpha value is -1.93. The average Bonchev–Trinajstić information content (AvgIpc) is 2.47. The van der Waals surface area contributed by atoms with Gasteiger partial charge in [-0.15, -0.1) is 0 Å². The minimum Gasteiger partial charge on any atom is -0.482 e. The predicted octanol–water partition coefficient (Wildman–Crippen LogP) is 4.75. The first-order valence-electron chi connectivity index (χ1n) is 6.91.